The smallest absolute Gasteiger partial charge is 0.405 e. The van der Waals surface area contributed by atoms with Gasteiger partial charge in [0.1, 0.15) is 18.2 Å². The molecule has 5 rings (SSSR count). The molecular formula is C29H23Cl2F5N4O4S. The van der Waals surface area contributed by atoms with Gasteiger partial charge in [-0.3, -0.25) is 4.79 Å². The molecule has 0 spiro atoms. The molecule has 1 saturated carbocycles. The van der Waals surface area contributed by atoms with Crippen molar-refractivity contribution >= 4 is 50.3 Å². The van der Waals surface area contributed by atoms with Crippen molar-refractivity contribution in [3.05, 3.63) is 87.7 Å². The topological polar surface area (TPSA) is 105 Å². The first kappa shape index (κ1) is 32.6. The first-order chi connectivity index (χ1) is 21.1. The number of carbonyl (C=O) groups is 1. The van der Waals surface area contributed by atoms with E-state index in [1.165, 1.54) is 49.4 Å². The Bertz CT molecular complexity index is 1840. The fourth-order valence-electron chi connectivity index (χ4n) is 4.85. The van der Waals surface area contributed by atoms with Crippen LogP contribution in [0.1, 0.15) is 31.2 Å². The van der Waals surface area contributed by atoms with Crippen molar-refractivity contribution in [1.82, 2.24) is 10.2 Å². The molecule has 1 aliphatic carbocycles. The third kappa shape index (κ3) is 7.07. The second kappa shape index (κ2) is 12.2. The van der Waals surface area contributed by atoms with Gasteiger partial charge in [0.05, 0.1) is 28.2 Å². The summed E-state index contributed by atoms with van der Waals surface area (Å²) in [4.78, 5) is 13.6. The van der Waals surface area contributed by atoms with E-state index >= 15 is 0 Å². The summed E-state index contributed by atoms with van der Waals surface area (Å²) in [5.41, 5.74) is -0.508. The normalized spacial score (nSPS) is 14.3. The molecule has 1 aromatic heterocycles. The summed E-state index contributed by atoms with van der Waals surface area (Å²) in [6, 6.07) is 10.4. The van der Waals surface area contributed by atoms with Gasteiger partial charge in [-0.05, 0) is 61.4 Å². The fraction of sp³-hybridized carbons (Fsp3) is 0.276. The van der Waals surface area contributed by atoms with Crippen LogP contribution in [0.2, 0.25) is 10.0 Å². The van der Waals surface area contributed by atoms with Crippen LogP contribution in [0.5, 0.6) is 0 Å². The summed E-state index contributed by atoms with van der Waals surface area (Å²) >= 11 is 13.2. The number of halogens is 7. The van der Waals surface area contributed by atoms with E-state index in [1.807, 2.05) is 0 Å². The molecule has 1 fully saturated rings. The monoisotopic (exact) mass is 688 g/mol. The van der Waals surface area contributed by atoms with Gasteiger partial charge in [0.15, 0.2) is 9.84 Å². The molecule has 0 saturated heterocycles. The lowest BCUT2D eigenvalue weighted by Crippen LogP contribution is -2.39. The summed E-state index contributed by atoms with van der Waals surface area (Å²) in [5.74, 6) is -2.74. The third-order valence-electron chi connectivity index (χ3n) is 7.20. The molecule has 16 heteroatoms. The van der Waals surface area contributed by atoms with Crippen LogP contribution in [0.4, 0.5) is 33.3 Å². The average Bonchev–Trinajstić information content (AvgIpc) is 3.58. The molecule has 4 aromatic rings. The number of aromatic nitrogens is 2. The Hall–Kier alpha value is -3.75. The van der Waals surface area contributed by atoms with Crippen molar-refractivity contribution in [3.63, 3.8) is 0 Å². The number of nitrogens with zero attached hydrogens (tertiary/aromatic N) is 3. The predicted molar refractivity (Wildman–Crippen MR) is 157 cm³/mol. The molecule has 3 aromatic carbocycles. The molecule has 0 aliphatic heterocycles. The fourth-order valence-corrected chi connectivity index (χ4v) is 6.58. The number of nitrogens with one attached hydrogen (secondary N) is 1. The highest BCUT2D eigenvalue weighted by molar-refractivity contribution is 7.91. The second-order valence-corrected chi connectivity index (χ2v) is 13.4. The average molecular weight is 689 g/mol. The zero-order chi connectivity index (χ0) is 32.7. The minimum atomic E-state index is -4.67. The summed E-state index contributed by atoms with van der Waals surface area (Å²) in [7, 11) is -3.58. The molecule has 0 unspecified atom stereocenters. The Kier molecular flexibility index (Phi) is 8.86. The quantitative estimate of drug-likeness (QED) is 0.176. The van der Waals surface area contributed by atoms with Crippen LogP contribution >= 0.6 is 23.2 Å². The summed E-state index contributed by atoms with van der Waals surface area (Å²) in [5, 5.41) is 10.6. The lowest BCUT2D eigenvalue weighted by atomic mass is 9.95. The Labute approximate surface area is 264 Å². The van der Waals surface area contributed by atoms with Crippen LogP contribution in [0, 0.1) is 11.6 Å². The number of hydrogen-bond donors (Lipinski definition) is 1. The largest absolute Gasteiger partial charge is 0.420 e. The van der Waals surface area contributed by atoms with Crippen molar-refractivity contribution in [3.8, 4) is 11.5 Å². The van der Waals surface area contributed by atoms with E-state index in [1.54, 1.807) is 0 Å². The number of hydrogen-bond acceptors (Lipinski definition) is 7. The van der Waals surface area contributed by atoms with Gasteiger partial charge in [-0.1, -0.05) is 30.1 Å². The highest BCUT2D eigenvalue weighted by atomic mass is 35.5. The van der Waals surface area contributed by atoms with Gasteiger partial charge in [-0.2, -0.15) is 13.2 Å². The SMILES string of the molecule is CCS(=O)(=O)c1ccc(N(CC(=O)Nc2cc(Cl)c(C3(c4nnc(-c5ccc(F)cc5F)o4)CC3)c(Cl)c2)CC(F)(F)F)cc1. The summed E-state index contributed by atoms with van der Waals surface area (Å²) in [6.45, 7) is -0.763. The zero-order valence-electron chi connectivity index (χ0n) is 23.3. The van der Waals surface area contributed by atoms with Crippen LogP contribution < -0.4 is 10.2 Å². The van der Waals surface area contributed by atoms with Crippen molar-refractivity contribution in [2.75, 3.05) is 29.1 Å². The van der Waals surface area contributed by atoms with E-state index < -0.39 is 52.1 Å². The highest BCUT2D eigenvalue weighted by Gasteiger charge is 2.53. The summed E-state index contributed by atoms with van der Waals surface area (Å²) < 4.78 is 97.6. The van der Waals surface area contributed by atoms with Gasteiger partial charge in [0.25, 0.3) is 5.89 Å². The minimum absolute atomic E-state index is 0.0148. The first-order valence-corrected chi connectivity index (χ1v) is 15.8. The number of carbonyl (C=O) groups excluding carboxylic acids is 1. The third-order valence-corrected chi connectivity index (χ3v) is 9.54. The van der Waals surface area contributed by atoms with Crippen LogP contribution in [-0.2, 0) is 20.0 Å². The molecule has 0 atom stereocenters. The van der Waals surface area contributed by atoms with E-state index in [2.05, 4.69) is 15.5 Å². The maximum absolute atomic E-state index is 14.3. The highest BCUT2D eigenvalue weighted by Crippen LogP contribution is 2.57. The molecule has 1 aliphatic rings. The molecule has 1 amide bonds. The van der Waals surface area contributed by atoms with Crippen molar-refractivity contribution in [2.45, 2.75) is 36.3 Å². The molecule has 0 radical (unpaired) electrons. The lowest BCUT2D eigenvalue weighted by Gasteiger charge is -2.26. The van der Waals surface area contributed by atoms with Gasteiger partial charge in [-0.15, -0.1) is 10.2 Å². The Morgan fingerprint density at radius 3 is 2.22 bits per heavy atom. The van der Waals surface area contributed by atoms with E-state index in [9.17, 15) is 35.2 Å². The molecule has 0 bridgehead atoms. The van der Waals surface area contributed by atoms with Gasteiger partial charge in [0.2, 0.25) is 11.8 Å². The standard InChI is InChI=1S/C29H23Cl2F5N4O4S/c1-2-45(42,43)19-6-4-18(5-7-19)40(15-29(34,35)36)14-24(41)37-17-12-21(30)25(22(31)13-17)28(9-10-28)27-39-38-26(44-27)20-8-3-16(32)11-23(20)33/h3-8,11-13H,2,9-10,14-15H2,1H3,(H,37,41). The van der Waals surface area contributed by atoms with E-state index in [-0.39, 0.29) is 49.4 Å². The van der Waals surface area contributed by atoms with E-state index in [0.717, 1.165) is 11.0 Å². The van der Waals surface area contributed by atoms with E-state index in [0.29, 0.717) is 24.5 Å². The van der Waals surface area contributed by atoms with E-state index in [4.69, 9.17) is 27.6 Å². The number of rotatable bonds is 10. The maximum Gasteiger partial charge on any atom is 0.405 e. The molecular weight excluding hydrogens is 666 g/mol. The number of alkyl halides is 3. The van der Waals surface area contributed by atoms with Crippen molar-refractivity contribution < 1.29 is 39.6 Å². The Morgan fingerprint density at radius 1 is 1.02 bits per heavy atom. The van der Waals surface area contributed by atoms with Crippen LogP contribution in [0.25, 0.3) is 11.5 Å². The van der Waals surface area contributed by atoms with Crippen molar-refractivity contribution in [2.24, 2.45) is 0 Å². The predicted octanol–water partition coefficient (Wildman–Crippen LogP) is 7.20. The Morgan fingerprint density at radius 2 is 1.67 bits per heavy atom. The molecule has 1 N–H and O–H groups in total. The van der Waals surface area contributed by atoms with Crippen LogP contribution in [-0.4, -0.2) is 49.5 Å². The van der Waals surface area contributed by atoms with Crippen LogP contribution in [0.15, 0.2) is 63.9 Å². The number of anilines is 2. The maximum atomic E-state index is 14.3. The van der Waals surface area contributed by atoms with Crippen LogP contribution in [0.3, 0.4) is 0 Å². The lowest BCUT2D eigenvalue weighted by molar-refractivity contribution is -0.122. The van der Waals surface area contributed by atoms with Gasteiger partial charge in [0, 0.05) is 33.0 Å². The minimum Gasteiger partial charge on any atom is -0.420 e. The zero-order valence-corrected chi connectivity index (χ0v) is 25.6. The number of amides is 1. The van der Waals surface area contributed by atoms with Gasteiger partial charge < -0.3 is 14.6 Å². The van der Waals surface area contributed by atoms with Gasteiger partial charge in [-0.25, -0.2) is 17.2 Å². The summed E-state index contributed by atoms with van der Waals surface area (Å²) in [6.07, 6.45) is -3.68. The molecule has 45 heavy (non-hydrogen) atoms. The molecule has 238 valence electrons. The van der Waals surface area contributed by atoms with Gasteiger partial charge >= 0.3 is 6.18 Å². The Balaban J connectivity index is 1.35. The number of benzene rings is 3. The van der Waals surface area contributed by atoms with Crippen molar-refractivity contribution in [1.29, 1.82) is 0 Å². The second-order valence-electron chi connectivity index (χ2n) is 10.4. The molecule has 1 heterocycles. The molecule has 8 nitrogen and oxygen atoms in total. The number of sulfone groups is 1. The first-order valence-electron chi connectivity index (χ1n) is 13.4.